The lowest BCUT2D eigenvalue weighted by Gasteiger charge is -2.07. The van der Waals surface area contributed by atoms with E-state index in [-0.39, 0.29) is 14.7 Å². The second kappa shape index (κ2) is 9.00. The summed E-state index contributed by atoms with van der Waals surface area (Å²) in [7, 11) is 0. The van der Waals surface area contributed by atoms with E-state index < -0.39 is 22.3 Å². The molecule has 0 atom stereocenters. The number of rotatable bonds is 6. The third kappa shape index (κ3) is 5.18. The first-order valence-corrected chi connectivity index (χ1v) is 8.76. The maximum absolute atomic E-state index is 12.4. The largest absolute Gasteiger partial charge is 0.501 e. The van der Waals surface area contributed by atoms with Crippen LogP contribution in [0.15, 0.2) is 42.0 Å². The van der Waals surface area contributed by atoms with Crippen molar-refractivity contribution in [3.05, 3.63) is 61.2 Å². The number of nitrogens with one attached hydrogen (secondary N) is 1. The summed E-state index contributed by atoms with van der Waals surface area (Å²) >= 11 is 1.73. The number of halogens is 1. The van der Waals surface area contributed by atoms with Crippen LogP contribution in [-0.2, 0) is 4.79 Å². The number of ether oxygens (including phenoxy) is 1. The Labute approximate surface area is 168 Å². The summed E-state index contributed by atoms with van der Waals surface area (Å²) in [6, 6.07) is 11.0. The smallest absolute Gasteiger partial charge is 0.312 e. The molecule has 9 heteroatoms. The van der Waals surface area contributed by atoms with Gasteiger partial charge in [0.25, 0.3) is 5.91 Å². The highest BCUT2D eigenvalue weighted by Gasteiger charge is 2.18. The van der Waals surface area contributed by atoms with Crippen LogP contribution in [0.2, 0.25) is 0 Å². The van der Waals surface area contributed by atoms with Crippen LogP contribution >= 0.6 is 22.6 Å². The highest BCUT2D eigenvalue weighted by atomic mass is 127. The summed E-state index contributed by atoms with van der Waals surface area (Å²) in [5.41, 5.74) is -0.0556. The minimum atomic E-state index is -0.736. The molecular formula is C18H14IN3O5. The summed E-state index contributed by atoms with van der Waals surface area (Å²) in [6.07, 6.45) is 1.22. The Morgan fingerprint density at radius 2 is 2.19 bits per heavy atom. The van der Waals surface area contributed by atoms with Crippen molar-refractivity contribution in [1.29, 1.82) is 5.26 Å². The van der Waals surface area contributed by atoms with Gasteiger partial charge < -0.3 is 15.2 Å². The molecule has 0 radical (unpaired) electrons. The predicted molar refractivity (Wildman–Crippen MR) is 107 cm³/mol. The van der Waals surface area contributed by atoms with Crippen molar-refractivity contribution >= 4 is 45.9 Å². The number of phenolic OH excluding ortho intramolecular Hbond substituents is 1. The Bertz CT molecular complexity index is 966. The lowest BCUT2D eigenvalue weighted by molar-refractivity contribution is -0.386. The average Bonchev–Trinajstić information content (AvgIpc) is 2.62. The van der Waals surface area contributed by atoms with E-state index in [1.165, 1.54) is 12.1 Å². The van der Waals surface area contributed by atoms with Crippen molar-refractivity contribution in [3.8, 4) is 17.6 Å². The van der Waals surface area contributed by atoms with Crippen LogP contribution < -0.4 is 10.1 Å². The Kier molecular flexibility index (Phi) is 6.73. The molecule has 0 aliphatic carbocycles. The SMILES string of the molecule is CCOc1cccc(NC(=O)/C(C#N)=C/c2cc(I)c(O)c([N+](=O)[O-])c2)c1. The lowest BCUT2D eigenvalue weighted by Crippen LogP contribution is -2.13. The van der Waals surface area contributed by atoms with E-state index in [2.05, 4.69) is 5.32 Å². The third-order valence-corrected chi connectivity index (χ3v) is 4.16. The van der Waals surface area contributed by atoms with E-state index in [9.17, 15) is 25.3 Å². The molecule has 0 saturated heterocycles. The van der Waals surface area contributed by atoms with Gasteiger partial charge in [-0.15, -0.1) is 0 Å². The Morgan fingerprint density at radius 1 is 1.44 bits per heavy atom. The van der Waals surface area contributed by atoms with E-state index in [0.29, 0.717) is 18.0 Å². The van der Waals surface area contributed by atoms with Gasteiger partial charge in [0.1, 0.15) is 17.4 Å². The van der Waals surface area contributed by atoms with Gasteiger partial charge in [0.05, 0.1) is 15.1 Å². The van der Waals surface area contributed by atoms with Gasteiger partial charge >= 0.3 is 5.69 Å². The monoisotopic (exact) mass is 479 g/mol. The van der Waals surface area contributed by atoms with Gasteiger partial charge in [-0.05, 0) is 59.4 Å². The summed E-state index contributed by atoms with van der Waals surface area (Å²) < 4.78 is 5.58. The Hall–Kier alpha value is -3.13. The molecule has 0 bridgehead atoms. The van der Waals surface area contributed by atoms with E-state index in [1.54, 1.807) is 52.9 Å². The molecule has 2 aromatic rings. The van der Waals surface area contributed by atoms with E-state index in [0.717, 1.165) is 6.07 Å². The number of hydrogen-bond donors (Lipinski definition) is 2. The van der Waals surface area contributed by atoms with Crippen LogP contribution in [0.1, 0.15) is 12.5 Å². The molecule has 27 heavy (non-hydrogen) atoms. The number of nitrogens with zero attached hydrogens (tertiary/aromatic N) is 2. The van der Waals surface area contributed by atoms with Gasteiger partial charge in [-0.2, -0.15) is 5.26 Å². The standard InChI is InChI=1S/C18H14IN3O5/c1-2-27-14-5-3-4-13(9-14)21-18(24)12(10-20)6-11-7-15(19)17(23)16(8-11)22(25)26/h3-9,23H,2H2,1H3,(H,21,24)/b12-6+. The fraction of sp³-hybridized carbons (Fsp3) is 0.111. The van der Waals surface area contributed by atoms with Gasteiger partial charge in [-0.1, -0.05) is 6.07 Å². The molecule has 2 aromatic carbocycles. The fourth-order valence-corrected chi connectivity index (χ4v) is 2.81. The molecular weight excluding hydrogens is 465 g/mol. The molecule has 0 aliphatic heterocycles. The highest BCUT2D eigenvalue weighted by Crippen LogP contribution is 2.33. The number of benzene rings is 2. The van der Waals surface area contributed by atoms with Crippen molar-refractivity contribution in [2.24, 2.45) is 0 Å². The molecule has 0 saturated carbocycles. The number of carbonyl (C=O) groups is 1. The first kappa shape index (κ1) is 20.2. The topological polar surface area (TPSA) is 125 Å². The molecule has 0 spiro atoms. The first-order chi connectivity index (χ1) is 12.8. The van der Waals surface area contributed by atoms with Crippen LogP contribution in [0, 0.1) is 25.0 Å². The van der Waals surface area contributed by atoms with Crippen molar-refractivity contribution in [3.63, 3.8) is 0 Å². The number of hydrogen-bond acceptors (Lipinski definition) is 6. The molecule has 138 valence electrons. The number of nitro groups is 1. The van der Waals surface area contributed by atoms with Crippen molar-refractivity contribution in [2.45, 2.75) is 6.92 Å². The number of phenols is 1. The number of nitriles is 1. The molecule has 0 unspecified atom stereocenters. The minimum Gasteiger partial charge on any atom is -0.501 e. The van der Waals surface area contributed by atoms with Gasteiger partial charge in [-0.25, -0.2) is 0 Å². The van der Waals surface area contributed by atoms with E-state index in [4.69, 9.17) is 4.74 Å². The van der Waals surface area contributed by atoms with E-state index >= 15 is 0 Å². The van der Waals surface area contributed by atoms with Gasteiger partial charge in [-0.3, -0.25) is 14.9 Å². The molecule has 0 heterocycles. The zero-order chi connectivity index (χ0) is 20.0. The van der Waals surface area contributed by atoms with Gasteiger partial charge in [0, 0.05) is 17.8 Å². The maximum Gasteiger partial charge on any atom is 0.312 e. The molecule has 0 fully saturated rings. The lowest BCUT2D eigenvalue weighted by atomic mass is 10.1. The Balaban J connectivity index is 2.31. The molecule has 0 aromatic heterocycles. The fourth-order valence-electron chi connectivity index (χ4n) is 2.17. The maximum atomic E-state index is 12.4. The van der Waals surface area contributed by atoms with Gasteiger partial charge in [0.15, 0.2) is 0 Å². The second-order valence-corrected chi connectivity index (χ2v) is 6.37. The zero-order valence-corrected chi connectivity index (χ0v) is 16.3. The predicted octanol–water partition coefficient (Wildman–Crippen LogP) is 3.85. The molecule has 0 aliphatic rings. The third-order valence-electron chi connectivity index (χ3n) is 3.34. The molecule has 2 rings (SSSR count). The van der Waals surface area contributed by atoms with Crippen molar-refractivity contribution in [1.82, 2.24) is 0 Å². The summed E-state index contributed by atoms with van der Waals surface area (Å²) in [4.78, 5) is 22.6. The number of aromatic hydroxyl groups is 1. The van der Waals surface area contributed by atoms with E-state index in [1.807, 2.05) is 6.92 Å². The van der Waals surface area contributed by atoms with Crippen LogP contribution in [0.25, 0.3) is 6.08 Å². The number of nitro benzene ring substituents is 1. The second-order valence-electron chi connectivity index (χ2n) is 5.21. The van der Waals surface area contributed by atoms with Crippen LogP contribution in [0.3, 0.4) is 0 Å². The van der Waals surface area contributed by atoms with Crippen LogP contribution in [0.4, 0.5) is 11.4 Å². The summed E-state index contributed by atoms with van der Waals surface area (Å²) in [6.45, 7) is 2.30. The number of anilines is 1. The summed E-state index contributed by atoms with van der Waals surface area (Å²) in [5, 5.41) is 32.6. The van der Waals surface area contributed by atoms with Crippen LogP contribution in [-0.4, -0.2) is 22.5 Å². The van der Waals surface area contributed by atoms with Crippen LogP contribution in [0.5, 0.6) is 11.5 Å². The minimum absolute atomic E-state index is 0.232. The number of carbonyl (C=O) groups excluding carboxylic acids is 1. The molecule has 2 N–H and O–H groups in total. The van der Waals surface area contributed by atoms with Gasteiger partial charge in [0.2, 0.25) is 5.75 Å². The quantitative estimate of drug-likeness (QED) is 0.213. The highest BCUT2D eigenvalue weighted by molar-refractivity contribution is 14.1. The molecule has 1 amide bonds. The first-order valence-electron chi connectivity index (χ1n) is 7.68. The number of amides is 1. The Morgan fingerprint density at radius 3 is 2.81 bits per heavy atom. The molecule has 8 nitrogen and oxygen atoms in total. The van der Waals surface area contributed by atoms with Crippen molar-refractivity contribution in [2.75, 3.05) is 11.9 Å². The summed E-state index contributed by atoms with van der Waals surface area (Å²) in [5.74, 6) is -0.563. The zero-order valence-electron chi connectivity index (χ0n) is 14.1. The normalized spacial score (nSPS) is 10.8. The van der Waals surface area contributed by atoms with Crippen molar-refractivity contribution < 1.29 is 19.6 Å². The average molecular weight is 479 g/mol.